The summed E-state index contributed by atoms with van der Waals surface area (Å²) in [6.45, 7) is 4.64. The van der Waals surface area contributed by atoms with Gasteiger partial charge in [0.15, 0.2) is 12.4 Å². The standard InChI is InChI=1S/C20H22N2O7S/c1-4-21-20(25)22-18(23)12-28-19(24)15-7-5-6-8-16(15)29-30(26,27)17-11-13(2)9-10-14(17)3/h5-11H,4,12H2,1-3H3,(H2,21,22,23,25). The highest BCUT2D eigenvalue weighted by atomic mass is 32.2. The van der Waals surface area contributed by atoms with Crippen molar-refractivity contribution in [3.63, 3.8) is 0 Å². The topological polar surface area (TPSA) is 128 Å². The van der Waals surface area contributed by atoms with Gasteiger partial charge in [0.25, 0.3) is 5.91 Å². The minimum atomic E-state index is -4.22. The highest BCUT2D eigenvalue weighted by Crippen LogP contribution is 2.25. The molecule has 0 radical (unpaired) electrons. The number of nitrogens with one attached hydrogen (secondary N) is 2. The second kappa shape index (κ2) is 9.88. The monoisotopic (exact) mass is 434 g/mol. The Kier molecular flexibility index (Phi) is 7.54. The fraction of sp³-hybridized carbons (Fsp3) is 0.250. The molecule has 9 nitrogen and oxygen atoms in total. The molecule has 0 atom stereocenters. The van der Waals surface area contributed by atoms with Crippen LogP contribution in [0.4, 0.5) is 4.79 Å². The second-order valence-corrected chi connectivity index (χ2v) is 7.80. The van der Waals surface area contributed by atoms with E-state index >= 15 is 0 Å². The van der Waals surface area contributed by atoms with E-state index in [9.17, 15) is 22.8 Å². The van der Waals surface area contributed by atoms with Gasteiger partial charge in [-0.3, -0.25) is 10.1 Å². The molecular formula is C20H22N2O7S. The Morgan fingerprint density at radius 2 is 1.73 bits per heavy atom. The maximum atomic E-state index is 12.7. The number of hydrogen-bond donors (Lipinski definition) is 2. The van der Waals surface area contributed by atoms with Crippen molar-refractivity contribution in [3.8, 4) is 5.75 Å². The molecule has 0 aliphatic rings. The number of imide groups is 1. The zero-order chi connectivity index (χ0) is 22.3. The Morgan fingerprint density at radius 3 is 2.43 bits per heavy atom. The number of ether oxygens (including phenoxy) is 1. The molecule has 2 aromatic carbocycles. The van der Waals surface area contributed by atoms with Crippen LogP contribution in [0.3, 0.4) is 0 Å². The van der Waals surface area contributed by atoms with E-state index in [1.807, 2.05) is 5.32 Å². The van der Waals surface area contributed by atoms with Crippen LogP contribution in [0.25, 0.3) is 0 Å². The molecule has 2 N–H and O–H groups in total. The first kappa shape index (κ1) is 22.9. The smallest absolute Gasteiger partial charge is 0.342 e. The molecule has 0 saturated heterocycles. The van der Waals surface area contributed by atoms with Crippen molar-refractivity contribution < 1.29 is 31.7 Å². The molecule has 0 aliphatic carbocycles. The van der Waals surface area contributed by atoms with Crippen LogP contribution < -0.4 is 14.8 Å². The van der Waals surface area contributed by atoms with Gasteiger partial charge in [0.2, 0.25) is 0 Å². The van der Waals surface area contributed by atoms with Crippen LogP contribution in [0.2, 0.25) is 0 Å². The van der Waals surface area contributed by atoms with Gasteiger partial charge >= 0.3 is 22.1 Å². The number of carbonyl (C=O) groups is 3. The normalized spacial score (nSPS) is 10.8. The summed E-state index contributed by atoms with van der Waals surface area (Å²) in [5, 5.41) is 4.34. The van der Waals surface area contributed by atoms with Crippen LogP contribution in [0.5, 0.6) is 5.75 Å². The molecule has 0 fully saturated rings. The Morgan fingerprint density at radius 1 is 1.03 bits per heavy atom. The van der Waals surface area contributed by atoms with Crippen molar-refractivity contribution in [2.45, 2.75) is 25.7 Å². The first-order valence-corrected chi connectivity index (χ1v) is 10.4. The summed E-state index contributed by atoms with van der Waals surface area (Å²) in [4.78, 5) is 35.3. The van der Waals surface area contributed by atoms with Crippen LogP contribution in [0.1, 0.15) is 28.4 Å². The Bertz CT molecular complexity index is 1060. The van der Waals surface area contributed by atoms with Crippen molar-refractivity contribution in [1.29, 1.82) is 0 Å². The fourth-order valence-electron chi connectivity index (χ4n) is 2.42. The predicted octanol–water partition coefficient (Wildman–Crippen LogP) is 2.07. The highest BCUT2D eigenvalue weighted by Gasteiger charge is 2.24. The second-order valence-electron chi connectivity index (χ2n) is 6.29. The zero-order valence-corrected chi connectivity index (χ0v) is 17.5. The summed E-state index contributed by atoms with van der Waals surface area (Å²) >= 11 is 0. The third-order valence-corrected chi connectivity index (χ3v) is 5.22. The van der Waals surface area contributed by atoms with Crippen LogP contribution >= 0.6 is 0 Å². The molecule has 0 aliphatic heterocycles. The van der Waals surface area contributed by atoms with Gasteiger partial charge in [-0.1, -0.05) is 24.3 Å². The molecule has 0 saturated carbocycles. The lowest BCUT2D eigenvalue weighted by Gasteiger charge is -2.13. The summed E-state index contributed by atoms with van der Waals surface area (Å²) in [5.41, 5.74) is 1.04. The van der Waals surface area contributed by atoms with Gasteiger partial charge in [-0.15, -0.1) is 0 Å². The first-order valence-electron chi connectivity index (χ1n) is 8.99. The van der Waals surface area contributed by atoms with Crippen molar-refractivity contribution >= 4 is 28.0 Å². The van der Waals surface area contributed by atoms with Gasteiger partial charge in [-0.2, -0.15) is 8.42 Å². The van der Waals surface area contributed by atoms with Crippen molar-refractivity contribution in [2.24, 2.45) is 0 Å². The zero-order valence-electron chi connectivity index (χ0n) is 16.7. The van der Waals surface area contributed by atoms with Crippen LogP contribution in [0.15, 0.2) is 47.4 Å². The summed E-state index contributed by atoms with van der Waals surface area (Å²) in [5.74, 6) is -2.06. The van der Waals surface area contributed by atoms with E-state index in [2.05, 4.69) is 5.32 Å². The summed E-state index contributed by atoms with van der Waals surface area (Å²) in [7, 11) is -4.22. The lowest BCUT2D eigenvalue weighted by molar-refractivity contribution is -0.123. The van der Waals surface area contributed by atoms with Gasteiger partial charge in [-0.25, -0.2) is 9.59 Å². The van der Waals surface area contributed by atoms with Gasteiger partial charge in [0.1, 0.15) is 10.5 Å². The van der Waals surface area contributed by atoms with E-state index in [1.54, 1.807) is 32.9 Å². The van der Waals surface area contributed by atoms with Gasteiger partial charge in [-0.05, 0) is 50.1 Å². The lowest BCUT2D eigenvalue weighted by Crippen LogP contribution is -2.41. The van der Waals surface area contributed by atoms with E-state index in [0.29, 0.717) is 12.1 Å². The molecule has 160 valence electrons. The number of benzene rings is 2. The Balaban J connectivity index is 2.15. The number of hydrogen-bond acceptors (Lipinski definition) is 7. The molecule has 10 heteroatoms. The van der Waals surface area contributed by atoms with E-state index in [1.165, 1.54) is 30.3 Å². The molecule has 0 bridgehead atoms. The van der Waals surface area contributed by atoms with E-state index < -0.39 is 34.6 Å². The summed E-state index contributed by atoms with van der Waals surface area (Å²) in [6.07, 6.45) is 0. The average Bonchev–Trinajstić information content (AvgIpc) is 2.68. The van der Waals surface area contributed by atoms with Crippen molar-refractivity contribution in [2.75, 3.05) is 13.2 Å². The maximum absolute atomic E-state index is 12.7. The number of esters is 1. The molecule has 0 spiro atoms. The van der Waals surface area contributed by atoms with E-state index in [4.69, 9.17) is 8.92 Å². The minimum Gasteiger partial charge on any atom is -0.452 e. The highest BCUT2D eigenvalue weighted by molar-refractivity contribution is 7.87. The van der Waals surface area contributed by atoms with Crippen LogP contribution in [-0.2, 0) is 19.6 Å². The predicted molar refractivity (Wildman–Crippen MR) is 108 cm³/mol. The minimum absolute atomic E-state index is 0.0213. The third-order valence-electron chi connectivity index (χ3n) is 3.84. The Labute approximate surface area is 174 Å². The van der Waals surface area contributed by atoms with Gasteiger partial charge in [0.05, 0.1) is 0 Å². The number of amides is 3. The quantitative estimate of drug-likeness (QED) is 0.504. The first-order chi connectivity index (χ1) is 14.1. The number of para-hydroxylation sites is 1. The molecule has 0 heterocycles. The van der Waals surface area contributed by atoms with Crippen molar-refractivity contribution in [1.82, 2.24) is 10.6 Å². The van der Waals surface area contributed by atoms with E-state index in [0.717, 1.165) is 5.56 Å². The fourth-order valence-corrected chi connectivity index (χ4v) is 3.69. The number of urea groups is 1. The number of rotatable bonds is 7. The van der Waals surface area contributed by atoms with Crippen LogP contribution in [-0.4, -0.2) is 39.5 Å². The van der Waals surface area contributed by atoms with Crippen LogP contribution in [0, 0.1) is 13.8 Å². The molecule has 0 unspecified atom stereocenters. The molecular weight excluding hydrogens is 412 g/mol. The third kappa shape index (κ3) is 6.05. The largest absolute Gasteiger partial charge is 0.452 e. The number of carbonyl (C=O) groups excluding carboxylic acids is 3. The number of aryl methyl sites for hydroxylation is 2. The molecule has 0 aromatic heterocycles. The van der Waals surface area contributed by atoms with Crippen molar-refractivity contribution in [3.05, 3.63) is 59.2 Å². The molecule has 30 heavy (non-hydrogen) atoms. The molecule has 3 amide bonds. The summed E-state index contributed by atoms with van der Waals surface area (Å²) < 4.78 is 35.5. The summed E-state index contributed by atoms with van der Waals surface area (Å²) in [6, 6.07) is 9.75. The van der Waals surface area contributed by atoms with Gasteiger partial charge in [0, 0.05) is 6.54 Å². The SMILES string of the molecule is CCNC(=O)NC(=O)COC(=O)c1ccccc1OS(=O)(=O)c1cc(C)ccc1C. The maximum Gasteiger partial charge on any atom is 0.342 e. The van der Waals surface area contributed by atoms with Gasteiger partial charge < -0.3 is 14.2 Å². The van der Waals surface area contributed by atoms with E-state index in [-0.39, 0.29) is 16.2 Å². The average molecular weight is 434 g/mol. The lowest BCUT2D eigenvalue weighted by atomic mass is 10.2. The Hall–Kier alpha value is -3.40. The molecule has 2 rings (SSSR count). The molecule has 2 aromatic rings.